The minimum atomic E-state index is -0.542. The van der Waals surface area contributed by atoms with Gasteiger partial charge >= 0.3 is 11.9 Å². The Morgan fingerprint density at radius 2 is 1.39 bits per heavy atom. The second-order valence-electron chi connectivity index (χ2n) is 8.67. The highest BCUT2D eigenvalue weighted by Crippen LogP contribution is 2.17. The zero-order valence-corrected chi connectivity index (χ0v) is 21.3. The Hall–Kier alpha value is -3.22. The van der Waals surface area contributed by atoms with Crippen molar-refractivity contribution in [1.29, 1.82) is 0 Å². The molecule has 0 bridgehead atoms. The summed E-state index contributed by atoms with van der Waals surface area (Å²) in [4.78, 5) is 24.2. The molecule has 0 aliphatic carbocycles. The van der Waals surface area contributed by atoms with E-state index in [4.69, 9.17) is 18.9 Å². The van der Waals surface area contributed by atoms with Crippen LogP contribution in [0.4, 0.5) is 0 Å². The molecule has 6 nitrogen and oxygen atoms in total. The molecule has 0 amide bonds. The summed E-state index contributed by atoms with van der Waals surface area (Å²) in [5.41, 5.74) is 2.09. The van der Waals surface area contributed by atoms with Crippen LogP contribution in [0.25, 0.3) is 0 Å². The van der Waals surface area contributed by atoms with Crippen molar-refractivity contribution in [3.05, 3.63) is 97.1 Å². The number of hydrogen-bond acceptors (Lipinski definition) is 6. The van der Waals surface area contributed by atoms with Crippen LogP contribution in [0, 0.1) is 0 Å². The Bertz CT molecular complexity index is 927. The molecule has 0 unspecified atom stereocenters. The Morgan fingerprint density at radius 3 is 1.94 bits per heavy atom. The third-order valence-corrected chi connectivity index (χ3v) is 5.69. The molecule has 36 heavy (non-hydrogen) atoms. The van der Waals surface area contributed by atoms with Gasteiger partial charge in [-0.05, 0) is 44.2 Å². The van der Waals surface area contributed by atoms with Gasteiger partial charge in [-0.3, -0.25) is 4.79 Å². The van der Waals surface area contributed by atoms with E-state index in [0.29, 0.717) is 32.5 Å². The number of ether oxygens (including phenoxy) is 4. The molecule has 0 saturated heterocycles. The molecule has 0 aliphatic rings. The fourth-order valence-electron chi connectivity index (χ4n) is 3.59. The summed E-state index contributed by atoms with van der Waals surface area (Å²) >= 11 is 0. The average Bonchev–Trinajstić information content (AvgIpc) is 2.89. The topological polar surface area (TPSA) is 71.1 Å². The summed E-state index contributed by atoms with van der Waals surface area (Å²) in [6, 6.07) is 19.6. The zero-order chi connectivity index (χ0) is 26.2. The van der Waals surface area contributed by atoms with Crippen molar-refractivity contribution in [2.45, 2.75) is 77.2 Å². The number of benzene rings is 2. The first kappa shape index (κ1) is 29.0. The number of hydrogen-bond donors (Lipinski definition) is 0. The van der Waals surface area contributed by atoms with Crippen molar-refractivity contribution >= 4 is 11.9 Å². The van der Waals surface area contributed by atoms with E-state index < -0.39 is 18.2 Å². The highest BCUT2D eigenvalue weighted by Gasteiger charge is 2.23. The van der Waals surface area contributed by atoms with E-state index in [0.717, 1.165) is 17.2 Å². The van der Waals surface area contributed by atoms with E-state index in [2.05, 4.69) is 13.2 Å². The predicted octanol–water partition coefficient (Wildman–Crippen LogP) is 5.95. The van der Waals surface area contributed by atoms with Crippen molar-refractivity contribution in [2.24, 2.45) is 0 Å². The smallest absolute Gasteiger partial charge is 0.330 e. The first-order chi connectivity index (χ1) is 17.4. The number of rotatable bonds is 17. The third-order valence-electron chi connectivity index (χ3n) is 5.69. The van der Waals surface area contributed by atoms with Crippen LogP contribution < -0.4 is 0 Å². The first-order valence-corrected chi connectivity index (χ1v) is 12.4. The van der Waals surface area contributed by atoms with Crippen LogP contribution >= 0.6 is 0 Å². The van der Waals surface area contributed by atoms with Gasteiger partial charge in [-0.25, -0.2) is 4.79 Å². The summed E-state index contributed by atoms with van der Waals surface area (Å²) in [6.45, 7) is 11.8. The molecular formula is C30H38O6. The lowest BCUT2D eigenvalue weighted by Gasteiger charge is -2.24. The molecule has 2 aromatic rings. The van der Waals surface area contributed by atoms with E-state index in [1.54, 1.807) is 13.0 Å². The lowest BCUT2D eigenvalue weighted by Crippen LogP contribution is -2.31. The Kier molecular flexibility index (Phi) is 13.3. The summed E-state index contributed by atoms with van der Waals surface area (Å²) in [5.74, 6) is -0.850. The van der Waals surface area contributed by atoms with Gasteiger partial charge in [0.05, 0.1) is 31.5 Å². The third kappa shape index (κ3) is 11.5. The minimum Gasteiger partial charge on any atom is -0.463 e. The molecule has 2 rings (SSSR count). The summed E-state index contributed by atoms with van der Waals surface area (Å²) < 4.78 is 22.9. The van der Waals surface area contributed by atoms with Gasteiger partial charge in [0, 0.05) is 12.5 Å². The molecule has 4 atom stereocenters. The number of esters is 2. The van der Waals surface area contributed by atoms with E-state index in [-0.39, 0.29) is 24.6 Å². The number of carbonyl (C=O) groups excluding carboxylic acids is 2. The summed E-state index contributed by atoms with van der Waals surface area (Å²) in [5, 5.41) is 0. The molecule has 0 aromatic heterocycles. The molecule has 0 fully saturated rings. The van der Waals surface area contributed by atoms with Gasteiger partial charge in [-0.2, -0.15) is 0 Å². The molecular weight excluding hydrogens is 456 g/mol. The van der Waals surface area contributed by atoms with Gasteiger partial charge in [-0.15, -0.1) is 6.58 Å². The average molecular weight is 495 g/mol. The second kappa shape index (κ2) is 16.5. The Balaban J connectivity index is 1.78. The summed E-state index contributed by atoms with van der Waals surface area (Å²) in [7, 11) is 0. The molecule has 194 valence electrons. The van der Waals surface area contributed by atoms with Crippen LogP contribution in [-0.2, 0) is 41.8 Å². The van der Waals surface area contributed by atoms with E-state index in [1.165, 1.54) is 0 Å². The standard InChI is InChI=1S/C30H38O6/c1-5-27(33-21-25-13-9-7-10-14-25)18-17-23(3)35-30(32)20-19-28(24(4)36-29(31)6-2)34-22-26-15-11-8-12-16-26/h5-16,23-24,27-28H,1-2,17-22H2,3-4H3/t23-,24-,27-,28+/m1/s1. The maximum atomic E-state index is 12.5. The van der Waals surface area contributed by atoms with Crippen LogP contribution in [0.5, 0.6) is 0 Å². The first-order valence-electron chi connectivity index (χ1n) is 12.4. The van der Waals surface area contributed by atoms with Crippen molar-refractivity contribution in [2.75, 3.05) is 0 Å². The van der Waals surface area contributed by atoms with Gasteiger partial charge in [0.15, 0.2) is 0 Å². The van der Waals surface area contributed by atoms with Crippen LogP contribution in [0.3, 0.4) is 0 Å². The normalized spacial score (nSPS) is 14.2. The minimum absolute atomic E-state index is 0.123. The monoisotopic (exact) mass is 494 g/mol. The highest BCUT2D eigenvalue weighted by molar-refractivity contribution is 5.81. The Labute approximate surface area is 214 Å². The molecule has 0 spiro atoms. The fraction of sp³-hybridized carbons (Fsp3) is 0.400. The van der Waals surface area contributed by atoms with Gasteiger partial charge in [0.2, 0.25) is 0 Å². The summed E-state index contributed by atoms with van der Waals surface area (Å²) in [6.07, 6.45) is 3.35. The fourth-order valence-corrected chi connectivity index (χ4v) is 3.59. The van der Waals surface area contributed by atoms with Crippen LogP contribution in [0.1, 0.15) is 50.7 Å². The zero-order valence-electron chi connectivity index (χ0n) is 21.3. The molecule has 0 radical (unpaired) electrons. The van der Waals surface area contributed by atoms with Crippen LogP contribution in [0.15, 0.2) is 86.0 Å². The molecule has 0 N–H and O–H groups in total. The lowest BCUT2D eigenvalue weighted by molar-refractivity contribution is -0.154. The van der Waals surface area contributed by atoms with Crippen LogP contribution in [0.2, 0.25) is 0 Å². The van der Waals surface area contributed by atoms with Crippen LogP contribution in [-0.4, -0.2) is 36.4 Å². The molecule has 0 heterocycles. The lowest BCUT2D eigenvalue weighted by atomic mass is 10.1. The van der Waals surface area contributed by atoms with E-state index in [1.807, 2.05) is 67.6 Å². The SMILES string of the molecule is C=CC(=O)O[C@H](C)[C@H](CCC(=O)O[C@H](C)CC[C@@H](C=C)OCc1ccccc1)OCc1ccccc1. The van der Waals surface area contributed by atoms with E-state index >= 15 is 0 Å². The molecule has 2 aromatic carbocycles. The maximum Gasteiger partial charge on any atom is 0.330 e. The van der Waals surface area contributed by atoms with Gasteiger partial charge in [-0.1, -0.05) is 73.3 Å². The Morgan fingerprint density at radius 1 is 0.806 bits per heavy atom. The van der Waals surface area contributed by atoms with Gasteiger partial charge < -0.3 is 18.9 Å². The van der Waals surface area contributed by atoms with Crippen molar-refractivity contribution in [1.82, 2.24) is 0 Å². The van der Waals surface area contributed by atoms with E-state index in [9.17, 15) is 9.59 Å². The number of carbonyl (C=O) groups is 2. The quantitative estimate of drug-likeness (QED) is 0.154. The molecule has 0 aliphatic heterocycles. The van der Waals surface area contributed by atoms with Crippen molar-refractivity contribution in [3.8, 4) is 0 Å². The van der Waals surface area contributed by atoms with Crippen molar-refractivity contribution < 1.29 is 28.5 Å². The second-order valence-corrected chi connectivity index (χ2v) is 8.67. The predicted molar refractivity (Wildman–Crippen MR) is 140 cm³/mol. The molecule has 0 saturated carbocycles. The van der Waals surface area contributed by atoms with Crippen molar-refractivity contribution in [3.63, 3.8) is 0 Å². The highest BCUT2D eigenvalue weighted by atomic mass is 16.6. The maximum absolute atomic E-state index is 12.5. The van der Waals surface area contributed by atoms with Gasteiger partial charge in [0.25, 0.3) is 0 Å². The van der Waals surface area contributed by atoms with Gasteiger partial charge in [0.1, 0.15) is 6.10 Å². The largest absolute Gasteiger partial charge is 0.463 e. The molecule has 6 heteroatoms.